The normalized spacial score (nSPS) is 12.1. The molecule has 0 radical (unpaired) electrons. The van der Waals surface area contributed by atoms with E-state index in [1.165, 1.54) is 24.1 Å². The van der Waals surface area contributed by atoms with Gasteiger partial charge in [-0.2, -0.15) is 0 Å². The minimum Gasteiger partial charge on any atom is -0.497 e. The van der Waals surface area contributed by atoms with E-state index in [-0.39, 0.29) is 23.3 Å². The van der Waals surface area contributed by atoms with Gasteiger partial charge in [0.05, 0.1) is 17.7 Å². The molecule has 0 fully saturated rings. The quantitative estimate of drug-likeness (QED) is 0.338. The van der Waals surface area contributed by atoms with E-state index in [0.29, 0.717) is 17.9 Å². The molecule has 1 atom stereocenters. The lowest BCUT2D eigenvalue weighted by Crippen LogP contribution is -2.51. The van der Waals surface area contributed by atoms with Gasteiger partial charge >= 0.3 is 0 Å². The van der Waals surface area contributed by atoms with Crippen LogP contribution in [0.1, 0.15) is 49.8 Å². The van der Waals surface area contributed by atoms with Gasteiger partial charge in [0.2, 0.25) is 11.8 Å². The van der Waals surface area contributed by atoms with Crippen molar-refractivity contribution in [3.8, 4) is 5.75 Å². The number of methoxy groups -OCH3 is 1. The number of benzene rings is 3. The molecule has 3 aromatic rings. The largest absolute Gasteiger partial charge is 0.497 e. The predicted octanol–water partition coefficient (Wildman–Crippen LogP) is 4.88. The van der Waals surface area contributed by atoms with Crippen LogP contribution < -0.4 is 14.4 Å². The predicted molar refractivity (Wildman–Crippen MR) is 158 cm³/mol. The molecular weight excluding hydrogens is 526 g/mol. The summed E-state index contributed by atoms with van der Waals surface area (Å²) in [5.74, 6) is 0.0515. The maximum atomic E-state index is 14.0. The van der Waals surface area contributed by atoms with Gasteiger partial charge in [-0.15, -0.1) is 0 Å². The van der Waals surface area contributed by atoms with Crippen LogP contribution in [0.3, 0.4) is 0 Å². The fraction of sp³-hybridized carbons (Fsp3) is 0.355. The van der Waals surface area contributed by atoms with Gasteiger partial charge in [0.15, 0.2) is 0 Å². The minimum atomic E-state index is -4.11. The van der Waals surface area contributed by atoms with Crippen LogP contribution in [-0.2, 0) is 26.2 Å². The van der Waals surface area contributed by atoms with Gasteiger partial charge in [-0.05, 0) is 66.8 Å². The topological polar surface area (TPSA) is 96.0 Å². The maximum Gasteiger partial charge on any atom is 0.264 e. The van der Waals surface area contributed by atoms with Gasteiger partial charge in [-0.1, -0.05) is 62.7 Å². The Bertz CT molecular complexity index is 1400. The molecule has 0 bridgehead atoms. The number of hydrogen-bond donors (Lipinski definition) is 1. The van der Waals surface area contributed by atoms with Crippen molar-refractivity contribution in [3.05, 3.63) is 89.5 Å². The Kier molecular flexibility index (Phi) is 10.3. The van der Waals surface area contributed by atoms with E-state index in [1.807, 2.05) is 38.1 Å². The second kappa shape index (κ2) is 13.5. The molecule has 8 nitrogen and oxygen atoms in total. The van der Waals surface area contributed by atoms with Crippen molar-refractivity contribution in [3.63, 3.8) is 0 Å². The average Bonchev–Trinajstić information content (AvgIpc) is 2.95. The molecule has 0 unspecified atom stereocenters. The van der Waals surface area contributed by atoms with Crippen LogP contribution in [0.4, 0.5) is 5.69 Å². The van der Waals surface area contributed by atoms with Crippen LogP contribution in [0.2, 0.25) is 0 Å². The summed E-state index contributed by atoms with van der Waals surface area (Å²) in [6.07, 6.45) is 0.350. The van der Waals surface area contributed by atoms with Crippen molar-refractivity contribution in [1.29, 1.82) is 0 Å². The third-order valence-corrected chi connectivity index (χ3v) is 8.64. The molecule has 1 N–H and O–H groups in total. The molecule has 40 heavy (non-hydrogen) atoms. The monoisotopic (exact) mass is 565 g/mol. The van der Waals surface area contributed by atoms with Crippen LogP contribution in [0.5, 0.6) is 5.75 Å². The van der Waals surface area contributed by atoms with Crippen LogP contribution in [-0.4, -0.2) is 51.9 Å². The molecule has 3 aromatic carbocycles. The lowest BCUT2D eigenvalue weighted by Gasteiger charge is -2.33. The lowest BCUT2D eigenvalue weighted by molar-refractivity contribution is -0.140. The summed E-state index contributed by atoms with van der Waals surface area (Å²) >= 11 is 0. The number of amides is 2. The van der Waals surface area contributed by atoms with E-state index in [0.717, 1.165) is 21.0 Å². The van der Waals surface area contributed by atoms with Gasteiger partial charge in [0, 0.05) is 13.6 Å². The highest BCUT2D eigenvalue weighted by Crippen LogP contribution is 2.27. The summed E-state index contributed by atoms with van der Waals surface area (Å²) in [6.45, 7) is 7.43. The van der Waals surface area contributed by atoms with E-state index in [4.69, 9.17) is 4.74 Å². The van der Waals surface area contributed by atoms with E-state index in [9.17, 15) is 18.0 Å². The third kappa shape index (κ3) is 7.21. The van der Waals surface area contributed by atoms with E-state index in [2.05, 4.69) is 19.2 Å². The number of likely N-dealkylation sites (N-methyl/N-ethyl adjacent to an activating group) is 1. The molecule has 2 amide bonds. The number of ether oxygens (including phenoxy) is 1. The second-order valence-electron chi connectivity index (χ2n) is 9.98. The Balaban J connectivity index is 2.07. The summed E-state index contributed by atoms with van der Waals surface area (Å²) in [6, 6.07) is 20.1. The molecule has 3 rings (SSSR count). The molecule has 0 aliphatic rings. The Hall–Kier alpha value is -3.85. The highest BCUT2D eigenvalue weighted by Gasteiger charge is 2.33. The fourth-order valence-corrected chi connectivity index (χ4v) is 5.86. The zero-order chi connectivity index (χ0) is 29.4. The van der Waals surface area contributed by atoms with E-state index >= 15 is 0 Å². The number of carbonyl (C=O) groups excluding carboxylic acids is 2. The van der Waals surface area contributed by atoms with Crippen LogP contribution in [0.25, 0.3) is 0 Å². The lowest BCUT2D eigenvalue weighted by atomic mass is 10.0. The highest BCUT2D eigenvalue weighted by atomic mass is 32.2. The number of nitrogens with one attached hydrogen (secondary N) is 1. The molecule has 0 aliphatic heterocycles. The first kappa shape index (κ1) is 30.7. The first-order valence-electron chi connectivity index (χ1n) is 13.3. The average molecular weight is 566 g/mol. The number of sulfonamides is 1. The number of rotatable bonds is 12. The zero-order valence-electron chi connectivity index (χ0n) is 24.0. The Morgan fingerprint density at radius 1 is 0.975 bits per heavy atom. The van der Waals surface area contributed by atoms with Gasteiger partial charge in [-0.3, -0.25) is 13.9 Å². The Morgan fingerprint density at radius 3 is 2.17 bits per heavy atom. The molecule has 0 spiro atoms. The smallest absolute Gasteiger partial charge is 0.264 e. The van der Waals surface area contributed by atoms with Crippen molar-refractivity contribution in [2.24, 2.45) is 0 Å². The van der Waals surface area contributed by atoms with Crippen molar-refractivity contribution in [1.82, 2.24) is 10.2 Å². The number of nitrogens with zero attached hydrogens (tertiary/aromatic N) is 2. The van der Waals surface area contributed by atoms with E-state index in [1.54, 1.807) is 43.5 Å². The van der Waals surface area contributed by atoms with Crippen molar-refractivity contribution in [2.45, 2.75) is 57.5 Å². The summed E-state index contributed by atoms with van der Waals surface area (Å²) in [5.41, 5.74) is 3.09. The highest BCUT2D eigenvalue weighted by molar-refractivity contribution is 7.92. The van der Waals surface area contributed by atoms with Gasteiger partial charge in [-0.25, -0.2) is 8.42 Å². The molecule has 214 valence electrons. The molecule has 0 saturated heterocycles. The molecular formula is C31H39N3O5S. The molecule has 0 saturated carbocycles. The number of hydrogen-bond acceptors (Lipinski definition) is 5. The van der Waals surface area contributed by atoms with Gasteiger partial charge in [0.25, 0.3) is 10.0 Å². The molecule has 0 aliphatic carbocycles. The summed E-state index contributed by atoms with van der Waals surface area (Å²) in [7, 11) is -1.04. The first-order valence-corrected chi connectivity index (χ1v) is 14.8. The van der Waals surface area contributed by atoms with Crippen LogP contribution in [0.15, 0.2) is 77.7 Å². The maximum absolute atomic E-state index is 14.0. The van der Waals surface area contributed by atoms with E-state index < -0.39 is 28.5 Å². The van der Waals surface area contributed by atoms with Crippen molar-refractivity contribution >= 4 is 27.5 Å². The number of aryl methyl sites for hydroxylation is 1. The molecule has 9 heteroatoms. The summed E-state index contributed by atoms with van der Waals surface area (Å²) < 4.78 is 34.4. The Morgan fingerprint density at radius 2 is 1.62 bits per heavy atom. The van der Waals surface area contributed by atoms with Gasteiger partial charge < -0.3 is 15.0 Å². The number of anilines is 1. The fourth-order valence-electron chi connectivity index (χ4n) is 4.45. The van der Waals surface area contributed by atoms with Crippen LogP contribution in [0, 0.1) is 6.92 Å². The van der Waals surface area contributed by atoms with Crippen molar-refractivity contribution in [2.75, 3.05) is 25.0 Å². The second-order valence-corrected chi connectivity index (χ2v) is 11.8. The minimum absolute atomic E-state index is 0.0801. The summed E-state index contributed by atoms with van der Waals surface area (Å²) in [5, 5.41) is 2.63. The van der Waals surface area contributed by atoms with Crippen molar-refractivity contribution < 1.29 is 22.7 Å². The van der Waals surface area contributed by atoms with Crippen LogP contribution >= 0.6 is 0 Å². The SMILES string of the molecule is CC[C@@H](C(=O)NC)N(Cc1cccc(OC)c1)C(=O)CN(c1ccc(C(C)C)cc1)S(=O)(=O)c1ccc(C)cc1. The Labute approximate surface area is 238 Å². The third-order valence-electron chi connectivity index (χ3n) is 6.85. The first-order chi connectivity index (χ1) is 19.0. The molecule has 0 heterocycles. The van der Waals surface area contributed by atoms with Gasteiger partial charge in [0.1, 0.15) is 18.3 Å². The number of carbonyl (C=O) groups is 2. The zero-order valence-corrected chi connectivity index (χ0v) is 24.9. The standard InChI is InChI=1S/C31H39N3O5S/c1-7-29(31(36)32-5)33(20-24-9-8-10-27(19-24)39-6)30(35)21-34(26-15-13-25(14-16-26)22(2)3)40(37,38)28-17-11-23(4)12-18-28/h8-19,22,29H,7,20-21H2,1-6H3,(H,32,36)/t29-/m0/s1. The summed E-state index contributed by atoms with van der Waals surface area (Å²) in [4.78, 5) is 28.4. The molecule has 0 aromatic heterocycles.